The second-order valence-electron chi connectivity index (χ2n) is 8.98. The van der Waals surface area contributed by atoms with Gasteiger partial charge in [0, 0.05) is 24.9 Å². The van der Waals surface area contributed by atoms with Crippen molar-refractivity contribution < 1.29 is 29.3 Å². The Morgan fingerprint density at radius 1 is 1.23 bits per heavy atom. The molecule has 186 valence electrons. The molecule has 1 aromatic rings. The maximum Gasteiger partial charge on any atom is 0.251 e. The third-order valence-corrected chi connectivity index (χ3v) is 7.07. The Morgan fingerprint density at radius 3 is 2.63 bits per heavy atom. The first kappa shape index (κ1) is 22.9. The van der Waals surface area contributed by atoms with Crippen molar-refractivity contribution in [1.29, 1.82) is 10.8 Å². The van der Waals surface area contributed by atoms with Crippen LogP contribution in [0.3, 0.4) is 0 Å². The van der Waals surface area contributed by atoms with Crippen molar-refractivity contribution in [1.82, 2.24) is 31.1 Å². The van der Waals surface area contributed by atoms with E-state index in [1.807, 2.05) is 0 Å². The number of hydrogen-bond acceptors (Lipinski definition) is 8. The van der Waals surface area contributed by atoms with Gasteiger partial charge in [-0.3, -0.25) is 30.1 Å². The number of rotatable bonds is 5. The van der Waals surface area contributed by atoms with Crippen LogP contribution >= 0.6 is 0 Å². The second-order valence-corrected chi connectivity index (χ2v) is 8.98. The third kappa shape index (κ3) is 3.28. The van der Waals surface area contributed by atoms with Gasteiger partial charge in [0.2, 0.25) is 17.6 Å². The molecule has 4 fully saturated rings. The Labute approximate surface area is 199 Å². The molecule has 8 N–H and O–H groups in total. The van der Waals surface area contributed by atoms with Crippen LogP contribution in [0, 0.1) is 10.8 Å². The third-order valence-electron chi connectivity index (χ3n) is 7.07. The van der Waals surface area contributed by atoms with E-state index in [2.05, 4.69) is 21.3 Å². The lowest BCUT2D eigenvalue weighted by atomic mass is 9.84. The molecule has 4 atom stereocenters. The zero-order chi connectivity index (χ0) is 25.1. The van der Waals surface area contributed by atoms with E-state index < -0.39 is 35.5 Å². The van der Waals surface area contributed by atoms with Crippen molar-refractivity contribution in [2.45, 2.75) is 42.4 Å². The Morgan fingerprint density at radius 2 is 1.94 bits per heavy atom. The van der Waals surface area contributed by atoms with E-state index in [1.165, 1.54) is 18.1 Å². The van der Waals surface area contributed by atoms with Crippen molar-refractivity contribution in [3.05, 3.63) is 29.8 Å². The molecule has 14 nitrogen and oxygen atoms in total. The smallest absolute Gasteiger partial charge is 0.251 e. The number of ether oxygens (including phenoxy) is 1. The van der Waals surface area contributed by atoms with Crippen LogP contribution in [0.15, 0.2) is 24.3 Å². The molecule has 0 aromatic heterocycles. The fourth-order valence-corrected chi connectivity index (χ4v) is 5.36. The molecule has 0 radical (unpaired) electrons. The summed E-state index contributed by atoms with van der Waals surface area (Å²) < 4.78 is 5.14. The number of guanidine groups is 2. The molecule has 4 aliphatic heterocycles. The summed E-state index contributed by atoms with van der Waals surface area (Å²) >= 11 is 0. The molecular weight excluding hydrogens is 460 g/mol. The highest BCUT2D eigenvalue weighted by Crippen LogP contribution is 2.43. The first-order valence-corrected chi connectivity index (χ1v) is 11.1. The highest BCUT2D eigenvalue weighted by Gasteiger charge is 2.74. The lowest BCUT2D eigenvalue weighted by Crippen LogP contribution is -2.81. The van der Waals surface area contributed by atoms with Gasteiger partial charge in [-0.15, -0.1) is 0 Å². The maximum absolute atomic E-state index is 12.9. The first-order chi connectivity index (χ1) is 16.6. The van der Waals surface area contributed by atoms with Crippen LogP contribution in [-0.2, 0) is 9.59 Å². The van der Waals surface area contributed by atoms with Gasteiger partial charge >= 0.3 is 0 Å². The van der Waals surface area contributed by atoms with Gasteiger partial charge < -0.3 is 41.1 Å². The molecule has 5 rings (SSSR count). The number of imide groups is 1. The van der Waals surface area contributed by atoms with Crippen LogP contribution in [0.5, 0.6) is 5.75 Å². The Bertz CT molecular complexity index is 1120. The fourth-order valence-electron chi connectivity index (χ4n) is 5.36. The van der Waals surface area contributed by atoms with Gasteiger partial charge in [-0.2, -0.15) is 0 Å². The minimum atomic E-state index is -2.66. The van der Waals surface area contributed by atoms with Crippen molar-refractivity contribution in [2.75, 3.05) is 20.2 Å². The number of nitrogens with zero attached hydrogens (tertiary/aromatic N) is 2. The summed E-state index contributed by atoms with van der Waals surface area (Å²) in [6, 6.07) is 3.32. The number of hydrogen-bond donors (Lipinski definition) is 8. The number of aliphatic hydroxyl groups is 2. The molecule has 4 heterocycles. The monoisotopic (exact) mass is 486 g/mol. The number of carbonyl (C=O) groups is 3. The number of nitrogens with one attached hydrogen (secondary N) is 6. The van der Waals surface area contributed by atoms with Crippen LogP contribution in [0.25, 0.3) is 0 Å². The summed E-state index contributed by atoms with van der Waals surface area (Å²) in [6.07, 6.45) is 0.184. The number of carbonyl (C=O) groups excluding carboxylic acids is 3. The topological polar surface area (TPSA) is 203 Å². The molecule has 4 aliphatic rings. The van der Waals surface area contributed by atoms with Gasteiger partial charge in [0.25, 0.3) is 5.91 Å². The van der Waals surface area contributed by atoms with Crippen LogP contribution in [0.4, 0.5) is 0 Å². The van der Waals surface area contributed by atoms with Gasteiger partial charge in [-0.05, 0) is 18.2 Å². The van der Waals surface area contributed by atoms with Crippen LogP contribution in [0.1, 0.15) is 23.2 Å². The highest BCUT2D eigenvalue weighted by molar-refractivity contribution is 6.02. The zero-order valence-corrected chi connectivity index (χ0v) is 18.8. The van der Waals surface area contributed by atoms with Crippen LogP contribution in [0.2, 0.25) is 0 Å². The number of likely N-dealkylation sites (tertiary alicyclic amines) is 1. The number of methoxy groups -OCH3 is 1. The number of benzene rings is 1. The normalized spacial score (nSPS) is 30.9. The van der Waals surface area contributed by atoms with E-state index in [9.17, 15) is 24.6 Å². The zero-order valence-electron chi connectivity index (χ0n) is 18.8. The van der Waals surface area contributed by atoms with Gasteiger partial charge in [-0.25, -0.2) is 0 Å². The van der Waals surface area contributed by atoms with Crippen molar-refractivity contribution >= 4 is 29.6 Å². The Kier molecular flexibility index (Phi) is 5.10. The fraction of sp³-hybridized carbons (Fsp3) is 0.476. The molecule has 35 heavy (non-hydrogen) atoms. The lowest BCUT2D eigenvalue weighted by molar-refractivity contribution is -0.232. The quantitative estimate of drug-likeness (QED) is 0.157. The van der Waals surface area contributed by atoms with Crippen molar-refractivity contribution in [2.24, 2.45) is 0 Å². The summed E-state index contributed by atoms with van der Waals surface area (Å²) in [5, 5.41) is 50.7. The SMILES string of the molecule is COc1cccc(C(=O)N[C@H]2CN3C(=N)N[C@@H](CN4C(=O)CCC4=O)[C@@H]4NC(=N)N[C@@]43C2(O)O)c1. The minimum Gasteiger partial charge on any atom is -0.497 e. The second kappa shape index (κ2) is 7.81. The van der Waals surface area contributed by atoms with E-state index in [-0.39, 0.29) is 55.2 Å². The largest absolute Gasteiger partial charge is 0.497 e. The Balaban J connectivity index is 1.45. The maximum atomic E-state index is 12.9. The van der Waals surface area contributed by atoms with Crippen LogP contribution in [-0.4, -0.2) is 99.4 Å². The minimum absolute atomic E-state index is 0.0920. The van der Waals surface area contributed by atoms with E-state index in [1.54, 1.807) is 18.2 Å². The van der Waals surface area contributed by atoms with Gasteiger partial charge in [0.15, 0.2) is 17.6 Å². The van der Waals surface area contributed by atoms with E-state index in [0.717, 1.165) is 4.90 Å². The number of amides is 3. The van der Waals surface area contributed by atoms with Crippen molar-refractivity contribution in [3.8, 4) is 5.75 Å². The summed E-state index contributed by atoms with van der Waals surface area (Å²) in [4.78, 5) is 39.7. The molecule has 0 bridgehead atoms. The molecule has 0 saturated carbocycles. The molecule has 4 saturated heterocycles. The Hall–Kier alpha value is -3.91. The van der Waals surface area contributed by atoms with Gasteiger partial charge in [-0.1, -0.05) is 6.07 Å². The predicted molar refractivity (Wildman–Crippen MR) is 119 cm³/mol. The highest BCUT2D eigenvalue weighted by atomic mass is 16.5. The van der Waals surface area contributed by atoms with E-state index in [0.29, 0.717) is 5.75 Å². The first-order valence-electron chi connectivity index (χ1n) is 11.1. The summed E-state index contributed by atoms with van der Waals surface area (Å²) in [6.45, 7) is -0.291. The average molecular weight is 486 g/mol. The summed E-state index contributed by atoms with van der Waals surface area (Å²) in [5.74, 6) is -3.93. The molecule has 0 unspecified atom stereocenters. The molecule has 3 amide bonds. The van der Waals surface area contributed by atoms with Gasteiger partial charge in [0.05, 0.1) is 25.7 Å². The van der Waals surface area contributed by atoms with Crippen LogP contribution < -0.4 is 26.0 Å². The van der Waals surface area contributed by atoms with Crippen molar-refractivity contribution in [3.63, 3.8) is 0 Å². The standard InChI is InChI=1S/C21H26N8O6/c1-35-11-4-2-3-10(7-11)17(32)25-13-9-29-19(23)24-12(8-28-14(30)5-6-15(28)31)16-20(29,21(13,33)34)27-18(22)26-16/h2-4,7,12-13,16,33-34H,5-6,8-9H2,1H3,(H2,23,24)(H,25,32)(H3,22,26,27)/t12-,13-,16-,20-/m0/s1. The lowest BCUT2D eigenvalue weighted by Gasteiger charge is -2.51. The predicted octanol–water partition coefficient (Wildman–Crippen LogP) is -2.96. The summed E-state index contributed by atoms with van der Waals surface area (Å²) in [5.41, 5.74) is -1.59. The summed E-state index contributed by atoms with van der Waals surface area (Å²) in [7, 11) is 1.46. The molecule has 0 aliphatic carbocycles. The van der Waals surface area contributed by atoms with Gasteiger partial charge in [0.1, 0.15) is 11.8 Å². The van der Waals surface area contributed by atoms with E-state index >= 15 is 0 Å². The molecule has 14 heteroatoms. The molecule has 1 spiro atoms. The average Bonchev–Trinajstić information content (AvgIpc) is 3.42. The molecule has 1 aromatic carbocycles. The molecular formula is C21H26N8O6. The van der Waals surface area contributed by atoms with E-state index in [4.69, 9.17) is 15.6 Å².